The molecule has 0 saturated heterocycles. The molecular formula is C14H19NO. The minimum atomic E-state index is 0.375. The summed E-state index contributed by atoms with van der Waals surface area (Å²) in [6.07, 6.45) is 6.79. The van der Waals surface area contributed by atoms with Crippen molar-refractivity contribution in [3.8, 4) is 5.75 Å². The molecule has 0 heterocycles. The molecule has 1 aromatic carbocycles. The summed E-state index contributed by atoms with van der Waals surface area (Å²) < 4.78 is 5.23. The molecule has 16 heavy (non-hydrogen) atoms. The third-order valence-electron chi connectivity index (χ3n) is 3.09. The van der Waals surface area contributed by atoms with E-state index < -0.39 is 0 Å². The Balaban J connectivity index is 1.99. The zero-order chi connectivity index (χ0) is 11.4. The molecule has 2 nitrogen and oxygen atoms in total. The predicted molar refractivity (Wildman–Crippen MR) is 66.7 cm³/mol. The fourth-order valence-corrected chi connectivity index (χ4v) is 2.11. The SMILES string of the molecule is COc1cccc(C(C)NC2CC=CC2)c1. The summed E-state index contributed by atoms with van der Waals surface area (Å²) in [5, 5.41) is 3.63. The molecule has 1 N–H and O–H groups in total. The molecule has 1 unspecified atom stereocenters. The van der Waals surface area contributed by atoms with Crippen LogP contribution in [0.25, 0.3) is 0 Å². The van der Waals surface area contributed by atoms with Crippen LogP contribution in [-0.4, -0.2) is 13.2 Å². The van der Waals surface area contributed by atoms with E-state index in [1.54, 1.807) is 7.11 Å². The molecule has 1 atom stereocenters. The van der Waals surface area contributed by atoms with Crippen molar-refractivity contribution < 1.29 is 4.74 Å². The molecule has 0 amide bonds. The van der Waals surface area contributed by atoms with Gasteiger partial charge in [-0.05, 0) is 37.5 Å². The summed E-state index contributed by atoms with van der Waals surface area (Å²) in [6, 6.07) is 9.23. The second-order valence-electron chi connectivity index (χ2n) is 4.30. The Labute approximate surface area is 97.3 Å². The highest BCUT2D eigenvalue weighted by molar-refractivity contribution is 5.30. The van der Waals surface area contributed by atoms with Gasteiger partial charge in [0.15, 0.2) is 0 Å². The summed E-state index contributed by atoms with van der Waals surface area (Å²) in [4.78, 5) is 0. The third kappa shape index (κ3) is 2.64. The first-order valence-electron chi connectivity index (χ1n) is 5.84. The van der Waals surface area contributed by atoms with Crippen LogP contribution in [0.4, 0.5) is 0 Å². The summed E-state index contributed by atoms with van der Waals surface area (Å²) in [7, 11) is 1.71. The van der Waals surface area contributed by atoms with Gasteiger partial charge < -0.3 is 10.1 Å². The quantitative estimate of drug-likeness (QED) is 0.783. The molecule has 1 aromatic rings. The maximum absolute atomic E-state index is 5.23. The van der Waals surface area contributed by atoms with Crippen LogP contribution in [0.2, 0.25) is 0 Å². The van der Waals surface area contributed by atoms with Crippen molar-refractivity contribution in [2.45, 2.75) is 31.8 Å². The molecule has 0 saturated carbocycles. The van der Waals surface area contributed by atoms with E-state index in [1.165, 1.54) is 5.56 Å². The number of methoxy groups -OCH3 is 1. The van der Waals surface area contributed by atoms with E-state index in [0.29, 0.717) is 12.1 Å². The second kappa shape index (κ2) is 5.17. The van der Waals surface area contributed by atoms with Crippen molar-refractivity contribution in [1.29, 1.82) is 0 Å². The lowest BCUT2D eigenvalue weighted by Crippen LogP contribution is -2.29. The highest BCUT2D eigenvalue weighted by atomic mass is 16.5. The fraction of sp³-hybridized carbons (Fsp3) is 0.429. The Morgan fingerprint density at radius 1 is 1.31 bits per heavy atom. The zero-order valence-electron chi connectivity index (χ0n) is 9.94. The summed E-state index contributed by atoms with van der Waals surface area (Å²) in [5.41, 5.74) is 1.28. The van der Waals surface area contributed by atoms with Gasteiger partial charge in [0.2, 0.25) is 0 Å². The smallest absolute Gasteiger partial charge is 0.119 e. The van der Waals surface area contributed by atoms with Crippen LogP contribution in [0.5, 0.6) is 5.75 Å². The molecule has 86 valence electrons. The third-order valence-corrected chi connectivity index (χ3v) is 3.09. The fourth-order valence-electron chi connectivity index (χ4n) is 2.11. The van der Waals surface area contributed by atoms with Crippen molar-refractivity contribution in [2.24, 2.45) is 0 Å². The van der Waals surface area contributed by atoms with E-state index in [9.17, 15) is 0 Å². The Hall–Kier alpha value is -1.28. The summed E-state index contributed by atoms with van der Waals surface area (Å²) >= 11 is 0. The minimum Gasteiger partial charge on any atom is -0.497 e. The lowest BCUT2D eigenvalue weighted by atomic mass is 10.1. The van der Waals surface area contributed by atoms with Gasteiger partial charge in [-0.2, -0.15) is 0 Å². The van der Waals surface area contributed by atoms with Crippen LogP contribution >= 0.6 is 0 Å². The van der Waals surface area contributed by atoms with E-state index in [0.717, 1.165) is 18.6 Å². The molecule has 0 bridgehead atoms. The standard InChI is InChI=1S/C14H19NO/c1-11(15-13-7-3-4-8-13)12-6-5-9-14(10-12)16-2/h3-6,9-11,13,15H,7-8H2,1-2H3. The number of ether oxygens (including phenoxy) is 1. The topological polar surface area (TPSA) is 21.3 Å². The number of hydrogen-bond acceptors (Lipinski definition) is 2. The van der Waals surface area contributed by atoms with E-state index >= 15 is 0 Å². The molecule has 0 fully saturated rings. The monoisotopic (exact) mass is 217 g/mol. The average Bonchev–Trinajstić information content (AvgIpc) is 2.82. The van der Waals surface area contributed by atoms with Gasteiger partial charge in [0.25, 0.3) is 0 Å². The van der Waals surface area contributed by atoms with Crippen LogP contribution in [0.1, 0.15) is 31.4 Å². The molecule has 0 aliphatic heterocycles. The van der Waals surface area contributed by atoms with Crippen LogP contribution in [0.3, 0.4) is 0 Å². The predicted octanol–water partition coefficient (Wildman–Crippen LogP) is 3.06. The second-order valence-corrected chi connectivity index (χ2v) is 4.30. The Morgan fingerprint density at radius 3 is 2.75 bits per heavy atom. The van der Waals surface area contributed by atoms with Gasteiger partial charge in [0.1, 0.15) is 5.75 Å². The van der Waals surface area contributed by atoms with Gasteiger partial charge in [-0.3, -0.25) is 0 Å². The van der Waals surface area contributed by atoms with Crippen LogP contribution in [-0.2, 0) is 0 Å². The van der Waals surface area contributed by atoms with Gasteiger partial charge in [-0.25, -0.2) is 0 Å². The highest BCUT2D eigenvalue weighted by Gasteiger charge is 2.14. The number of nitrogens with one attached hydrogen (secondary N) is 1. The Kier molecular flexibility index (Phi) is 3.62. The van der Waals surface area contributed by atoms with Crippen molar-refractivity contribution in [1.82, 2.24) is 5.32 Å². The zero-order valence-corrected chi connectivity index (χ0v) is 9.94. The highest BCUT2D eigenvalue weighted by Crippen LogP contribution is 2.21. The Bertz CT molecular complexity index is 365. The van der Waals surface area contributed by atoms with Gasteiger partial charge >= 0.3 is 0 Å². The van der Waals surface area contributed by atoms with Crippen molar-refractivity contribution in [3.05, 3.63) is 42.0 Å². The van der Waals surface area contributed by atoms with E-state index in [2.05, 4.69) is 36.5 Å². The van der Waals surface area contributed by atoms with Gasteiger partial charge in [0, 0.05) is 12.1 Å². The molecule has 1 aliphatic rings. The summed E-state index contributed by atoms with van der Waals surface area (Å²) in [5.74, 6) is 0.927. The van der Waals surface area contributed by atoms with Crippen molar-refractivity contribution in [2.75, 3.05) is 7.11 Å². The normalized spacial score (nSPS) is 17.6. The molecule has 0 spiro atoms. The van der Waals surface area contributed by atoms with Crippen LogP contribution in [0.15, 0.2) is 36.4 Å². The van der Waals surface area contributed by atoms with E-state index in [4.69, 9.17) is 4.74 Å². The maximum Gasteiger partial charge on any atom is 0.119 e. The lowest BCUT2D eigenvalue weighted by molar-refractivity contribution is 0.412. The molecule has 0 aromatic heterocycles. The molecular weight excluding hydrogens is 198 g/mol. The largest absolute Gasteiger partial charge is 0.497 e. The van der Waals surface area contributed by atoms with Gasteiger partial charge in [-0.15, -0.1) is 0 Å². The van der Waals surface area contributed by atoms with Gasteiger partial charge in [-0.1, -0.05) is 24.3 Å². The molecule has 2 heteroatoms. The Morgan fingerprint density at radius 2 is 2.06 bits per heavy atom. The van der Waals surface area contributed by atoms with E-state index in [-0.39, 0.29) is 0 Å². The van der Waals surface area contributed by atoms with E-state index in [1.807, 2.05) is 12.1 Å². The first-order valence-corrected chi connectivity index (χ1v) is 5.84. The minimum absolute atomic E-state index is 0.375. The first-order chi connectivity index (χ1) is 7.79. The number of hydrogen-bond donors (Lipinski definition) is 1. The average molecular weight is 217 g/mol. The van der Waals surface area contributed by atoms with Gasteiger partial charge in [0.05, 0.1) is 7.11 Å². The maximum atomic E-state index is 5.23. The molecule has 1 aliphatic carbocycles. The van der Waals surface area contributed by atoms with Crippen LogP contribution in [0, 0.1) is 0 Å². The lowest BCUT2D eigenvalue weighted by Gasteiger charge is -2.20. The van der Waals surface area contributed by atoms with Crippen molar-refractivity contribution >= 4 is 0 Å². The molecule has 0 radical (unpaired) electrons. The van der Waals surface area contributed by atoms with Crippen molar-refractivity contribution in [3.63, 3.8) is 0 Å². The molecule has 2 rings (SSSR count). The summed E-state index contributed by atoms with van der Waals surface area (Å²) in [6.45, 7) is 2.20. The van der Waals surface area contributed by atoms with Crippen LogP contribution < -0.4 is 10.1 Å². The first kappa shape index (κ1) is 11.2. The number of benzene rings is 1. The number of rotatable bonds is 4.